The van der Waals surface area contributed by atoms with E-state index >= 15 is 0 Å². The third kappa shape index (κ3) is 4.32. The van der Waals surface area contributed by atoms with Crippen molar-refractivity contribution in [1.29, 1.82) is 0 Å². The number of carbonyl (C=O) groups is 2. The average molecular weight is 391 g/mol. The Morgan fingerprint density at radius 3 is 2.31 bits per heavy atom. The molecule has 0 saturated carbocycles. The van der Waals surface area contributed by atoms with Gasteiger partial charge in [0.05, 0.1) is 4.92 Å². The monoisotopic (exact) mass is 391 g/mol. The predicted octanol–water partition coefficient (Wildman–Crippen LogP) is 4.80. The largest absolute Gasteiger partial charge is 0.460 e. The van der Waals surface area contributed by atoms with Gasteiger partial charge in [0, 0.05) is 17.5 Å². The van der Waals surface area contributed by atoms with Crippen LogP contribution in [0.25, 0.3) is 10.8 Å². The van der Waals surface area contributed by atoms with E-state index < -0.39 is 28.5 Å². The summed E-state index contributed by atoms with van der Waals surface area (Å²) in [6, 6.07) is 19.4. The fourth-order valence-electron chi connectivity index (χ4n) is 3.63. The van der Waals surface area contributed by atoms with Gasteiger partial charge in [-0.2, -0.15) is 0 Å². The number of nitro groups is 1. The molecule has 2 atom stereocenters. The summed E-state index contributed by atoms with van der Waals surface area (Å²) >= 11 is 0. The van der Waals surface area contributed by atoms with Crippen LogP contribution in [-0.2, 0) is 20.9 Å². The molecule has 6 heteroatoms. The van der Waals surface area contributed by atoms with Crippen LogP contribution >= 0.6 is 0 Å². The first kappa shape index (κ1) is 20.2. The molecule has 0 aliphatic carbocycles. The van der Waals surface area contributed by atoms with E-state index in [-0.39, 0.29) is 12.3 Å². The van der Waals surface area contributed by atoms with Crippen LogP contribution in [0.4, 0.5) is 5.69 Å². The van der Waals surface area contributed by atoms with E-state index in [2.05, 4.69) is 0 Å². The minimum atomic E-state index is -1.14. The maximum Gasteiger partial charge on any atom is 0.317 e. The standard InChI is InChI=1S/C23H21NO5/c1-15(21(16(2)25)23(26)29-14-17-8-4-3-5-9-17)22-19-11-7-6-10-18(19)12-13-20(22)24(27)28/h3-13,15,21H,14H2,1-2H3. The van der Waals surface area contributed by atoms with Crippen molar-refractivity contribution in [2.75, 3.05) is 0 Å². The highest BCUT2D eigenvalue weighted by atomic mass is 16.6. The molecule has 29 heavy (non-hydrogen) atoms. The van der Waals surface area contributed by atoms with E-state index in [1.807, 2.05) is 42.5 Å². The normalized spacial score (nSPS) is 12.9. The summed E-state index contributed by atoms with van der Waals surface area (Å²) in [7, 11) is 0. The number of hydrogen-bond donors (Lipinski definition) is 0. The molecule has 3 rings (SSSR count). The number of Topliss-reactive ketones (excluding diaryl/α,β-unsaturated/α-hetero) is 1. The number of esters is 1. The number of ether oxygens (including phenoxy) is 1. The molecule has 0 heterocycles. The minimum Gasteiger partial charge on any atom is -0.460 e. The Morgan fingerprint density at radius 2 is 1.66 bits per heavy atom. The molecule has 3 aromatic rings. The second-order valence-corrected chi connectivity index (χ2v) is 6.95. The third-order valence-electron chi connectivity index (χ3n) is 5.02. The second kappa shape index (κ2) is 8.65. The summed E-state index contributed by atoms with van der Waals surface area (Å²) in [4.78, 5) is 36.3. The topological polar surface area (TPSA) is 86.5 Å². The molecule has 0 aliphatic rings. The van der Waals surface area contributed by atoms with Gasteiger partial charge in [-0.1, -0.05) is 61.5 Å². The molecule has 2 unspecified atom stereocenters. The van der Waals surface area contributed by atoms with Crippen LogP contribution in [-0.4, -0.2) is 16.7 Å². The first-order chi connectivity index (χ1) is 13.9. The molecule has 0 radical (unpaired) electrons. The van der Waals surface area contributed by atoms with Crippen molar-refractivity contribution in [1.82, 2.24) is 0 Å². The lowest BCUT2D eigenvalue weighted by molar-refractivity contribution is -0.385. The lowest BCUT2D eigenvalue weighted by Gasteiger charge is -2.22. The van der Waals surface area contributed by atoms with Crippen molar-refractivity contribution in [2.24, 2.45) is 5.92 Å². The SMILES string of the molecule is CC(=O)C(C(=O)OCc1ccccc1)C(C)c1c([N+](=O)[O-])ccc2ccccc12. The molecule has 6 nitrogen and oxygen atoms in total. The fraction of sp³-hybridized carbons (Fsp3) is 0.217. The second-order valence-electron chi connectivity index (χ2n) is 6.95. The Labute approximate surface area is 168 Å². The van der Waals surface area contributed by atoms with Crippen LogP contribution in [0.5, 0.6) is 0 Å². The van der Waals surface area contributed by atoms with Gasteiger partial charge in [0.1, 0.15) is 18.3 Å². The maximum absolute atomic E-state index is 12.8. The number of carbonyl (C=O) groups excluding carboxylic acids is 2. The smallest absolute Gasteiger partial charge is 0.317 e. The minimum absolute atomic E-state index is 0.0355. The Hall–Kier alpha value is -3.54. The van der Waals surface area contributed by atoms with Crippen molar-refractivity contribution in [3.63, 3.8) is 0 Å². The molecule has 0 spiro atoms. The molecule has 0 fully saturated rings. The maximum atomic E-state index is 12.8. The number of fused-ring (bicyclic) bond motifs is 1. The highest BCUT2D eigenvalue weighted by Crippen LogP contribution is 2.38. The van der Waals surface area contributed by atoms with Gasteiger partial charge in [0.15, 0.2) is 0 Å². The predicted molar refractivity (Wildman–Crippen MR) is 109 cm³/mol. The van der Waals surface area contributed by atoms with Gasteiger partial charge in [0.25, 0.3) is 5.69 Å². The number of hydrogen-bond acceptors (Lipinski definition) is 5. The van der Waals surface area contributed by atoms with E-state index in [1.54, 1.807) is 25.1 Å². The molecule has 148 valence electrons. The van der Waals surface area contributed by atoms with E-state index in [0.29, 0.717) is 10.9 Å². The molecule has 0 amide bonds. The summed E-state index contributed by atoms with van der Waals surface area (Å²) in [5, 5.41) is 13.1. The fourth-order valence-corrected chi connectivity index (χ4v) is 3.63. The van der Waals surface area contributed by atoms with E-state index in [9.17, 15) is 19.7 Å². The van der Waals surface area contributed by atoms with E-state index in [1.165, 1.54) is 13.0 Å². The van der Waals surface area contributed by atoms with Gasteiger partial charge in [-0.25, -0.2) is 0 Å². The molecular formula is C23H21NO5. The highest BCUT2D eigenvalue weighted by Gasteiger charge is 2.36. The number of nitro benzene ring substituents is 1. The van der Waals surface area contributed by atoms with Crippen LogP contribution in [0.1, 0.15) is 30.9 Å². The lowest BCUT2D eigenvalue weighted by Crippen LogP contribution is -2.29. The summed E-state index contributed by atoms with van der Waals surface area (Å²) in [5.74, 6) is -2.93. The Kier molecular flexibility index (Phi) is 6.02. The summed E-state index contributed by atoms with van der Waals surface area (Å²) in [5.41, 5.74) is 1.05. The van der Waals surface area contributed by atoms with Gasteiger partial charge < -0.3 is 4.74 Å². The Balaban J connectivity index is 1.98. The van der Waals surface area contributed by atoms with Crippen molar-refractivity contribution < 1.29 is 19.2 Å². The van der Waals surface area contributed by atoms with Crippen LogP contribution in [0.2, 0.25) is 0 Å². The number of ketones is 1. The Bertz CT molecular complexity index is 1060. The van der Waals surface area contributed by atoms with Crippen molar-refractivity contribution in [2.45, 2.75) is 26.4 Å². The molecule has 0 saturated heterocycles. The van der Waals surface area contributed by atoms with Crippen LogP contribution < -0.4 is 0 Å². The first-order valence-corrected chi connectivity index (χ1v) is 9.27. The van der Waals surface area contributed by atoms with Gasteiger partial charge in [0.2, 0.25) is 0 Å². The third-order valence-corrected chi connectivity index (χ3v) is 5.02. The van der Waals surface area contributed by atoms with E-state index in [0.717, 1.165) is 10.9 Å². The number of rotatable bonds is 7. The molecule has 3 aromatic carbocycles. The molecular weight excluding hydrogens is 370 g/mol. The highest BCUT2D eigenvalue weighted by molar-refractivity contribution is 6.00. The quantitative estimate of drug-likeness (QED) is 0.250. The van der Waals surface area contributed by atoms with Crippen molar-refractivity contribution in [3.05, 3.63) is 88.0 Å². The molecule has 0 bridgehead atoms. The number of nitrogens with zero attached hydrogens (tertiary/aromatic N) is 1. The lowest BCUT2D eigenvalue weighted by atomic mass is 9.82. The average Bonchev–Trinajstić information content (AvgIpc) is 2.71. The van der Waals surface area contributed by atoms with Crippen LogP contribution in [0, 0.1) is 16.0 Å². The number of benzene rings is 3. The zero-order valence-corrected chi connectivity index (χ0v) is 16.2. The van der Waals surface area contributed by atoms with E-state index in [4.69, 9.17) is 4.74 Å². The van der Waals surface area contributed by atoms with Crippen LogP contribution in [0.3, 0.4) is 0 Å². The van der Waals surface area contributed by atoms with Crippen molar-refractivity contribution in [3.8, 4) is 0 Å². The van der Waals surface area contributed by atoms with Crippen LogP contribution in [0.15, 0.2) is 66.7 Å². The van der Waals surface area contributed by atoms with Gasteiger partial charge in [-0.05, 0) is 29.3 Å². The summed E-state index contributed by atoms with van der Waals surface area (Å²) in [6.07, 6.45) is 0. The first-order valence-electron chi connectivity index (χ1n) is 9.27. The summed E-state index contributed by atoms with van der Waals surface area (Å²) < 4.78 is 5.38. The van der Waals surface area contributed by atoms with Crippen molar-refractivity contribution >= 4 is 28.2 Å². The van der Waals surface area contributed by atoms with Gasteiger partial charge in [-0.3, -0.25) is 19.7 Å². The zero-order chi connectivity index (χ0) is 21.0. The zero-order valence-electron chi connectivity index (χ0n) is 16.2. The Morgan fingerprint density at radius 1 is 1.00 bits per heavy atom. The van der Waals surface area contributed by atoms with Gasteiger partial charge in [-0.15, -0.1) is 0 Å². The molecule has 0 aromatic heterocycles. The van der Waals surface area contributed by atoms with Gasteiger partial charge >= 0.3 is 5.97 Å². The summed E-state index contributed by atoms with van der Waals surface area (Å²) in [6.45, 7) is 3.00. The molecule has 0 N–H and O–H groups in total. The molecule has 0 aliphatic heterocycles.